The zero-order valence-electron chi connectivity index (χ0n) is 12.0. The Morgan fingerprint density at radius 3 is 2.82 bits per heavy atom. The van der Waals surface area contributed by atoms with Crippen molar-refractivity contribution in [2.24, 2.45) is 0 Å². The van der Waals surface area contributed by atoms with E-state index in [9.17, 15) is 14.1 Å². The van der Waals surface area contributed by atoms with Crippen molar-refractivity contribution in [1.29, 1.82) is 0 Å². The summed E-state index contributed by atoms with van der Waals surface area (Å²) in [6.45, 7) is 3.07. The standard InChI is InChI=1S/C14H14N2O4S2/c1-3-22(19)12-8-15-14(21-12)16-13(18)10-6-4-5-7-11(10)20-9(2)17/h4-8H,3H2,1-2H3,(H,15,16,18). The summed E-state index contributed by atoms with van der Waals surface area (Å²) >= 11 is 0.0517. The molecule has 1 aromatic heterocycles. The lowest BCUT2D eigenvalue weighted by molar-refractivity contribution is -0.131. The van der Waals surface area contributed by atoms with Crippen LogP contribution in [0, 0.1) is 0 Å². The summed E-state index contributed by atoms with van der Waals surface area (Å²) in [5, 5.41) is 2.96. The van der Waals surface area contributed by atoms with Crippen molar-refractivity contribution in [2.45, 2.75) is 18.1 Å². The van der Waals surface area contributed by atoms with E-state index in [4.69, 9.17) is 4.74 Å². The molecular weight excluding hydrogens is 324 g/mol. The Balaban J connectivity index is 2.15. The number of anilines is 1. The van der Waals surface area contributed by atoms with Gasteiger partial charge in [-0.2, -0.15) is 0 Å². The topological polar surface area (TPSA) is 91.4 Å². The van der Waals surface area contributed by atoms with Crippen LogP contribution in [0.1, 0.15) is 24.2 Å². The van der Waals surface area contributed by atoms with E-state index in [1.54, 1.807) is 18.2 Å². The molecule has 1 heterocycles. The van der Waals surface area contributed by atoms with Crippen LogP contribution in [0.3, 0.4) is 0 Å². The van der Waals surface area contributed by atoms with E-state index in [1.807, 2.05) is 6.92 Å². The summed E-state index contributed by atoms with van der Waals surface area (Å²) in [7, 11) is 0. The van der Waals surface area contributed by atoms with Gasteiger partial charge in [0, 0.05) is 6.92 Å². The number of carbonyl (C=O) groups excluding carboxylic acids is 2. The van der Waals surface area contributed by atoms with E-state index in [0.29, 0.717) is 15.1 Å². The number of para-hydroxylation sites is 1. The Morgan fingerprint density at radius 1 is 1.41 bits per heavy atom. The zero-order chi connectivity index (χ0) is 16.1. The van der Waals surface area contributed by atoms with Crippen molar-refractivity contribution in [3.8, 4) is 5.75 Å². The van der Waals surface area contributed by atoms with Crippen LogP contribution >= 0.6 is 11.3 Å². The fourth-order valence-electron chi connectivity index (χ4n) is 1.63. The molecule has 1 aromatic carbocycles. The van der Waals surface area contributed by atoms with E-state index >= 15 is 0 Å². The van der Waals surface area contributed by atoms with Crippen LogP contribution in [-0.4, -0.2) is 27.2 Å². The predicted octanol–water partition coefficient (Wildman–Crippen LogP) is 2.45. The number of aromatic nitrogens is 1. The van der Waals surface area contributed by atoms with Crippen LogP contribution in [-0.2, 0) is 16.0 Å². The maximum Gasteiger partial charge on any atom is 0.308 e. The summed E-state index contributed by atoms with van der Waals surface area (Å²) in [5.41, 5.74) is 0.228. The molecule has 2 rings (SSSR count). The highest BCUT2D eigenvalue weighted by atomic mass is 32.2. The van der Waals surface area contributed by atoms with Gasteiger partial charge in [0.05, 0.1) is 11.8 Å². The van der Waals surface area contributed by atoms with Crippen molar-refractivity contribution < 1.29 is 18.9 Å². The molecule has 1 N–H and O–H groups in total. The van der Waals surface area contributed by atoms with Crippen LogP contribution in [0.15, 0.2) is 34.7 Å². The predicted molar refractivity (Wildman–Crippen MR) is 84.8 cm³/mol. The first-order valence-electron chi connectivity index (χ1n) is 6.44. The molecule has 0 bridgehead atoms. The summed E-state index contributed by atoms with van der Waals surface area (Å²) in [4.78, 5) is 27.3. The van der Waals surface area contributed by atoms with E-state index in [1.165, 1.54) is 19.2 Å². The number of benzene rings is 1. The lowest BCUT2D eigenvalue weighted by Crippen LogP contribution is -2.14. The molecule has 0 saturated heterocycles. The van der Waals surface area contributed by atoms with Gasteiger partial charge in [-0.15, -0.1) is 0 Å². The quantitative estimate of drug-likeness (QED) is 0.514. The van der Waals surface area contributed by atoms with E-state index in [2.05, 4.69) is 10.3 Å². The van der Waals surface area contributed by atoms with Gasteiger partial charge in [-0.1, -0.05) is 12.1 Å². The van der Waals surface area contributed by atoms with Crippen molar-refractivity contribution in [3.05, 3.63) is 36.0 Å². The molecule has 0 aliphatic carbocycles. The van der Waals surface area contributed by atoms with Crippen molar-refractivity contribution >= 4 is 39.5 Å². The van der Waals surface area contributed by atoms with Crippen LogP contribution in [0.4, 0.5) is 5.13 Å². The summed E-state index contributed by atoms with van der Waals surface area (Å²) in [6, 6.07) is 6.42. The van der Waals surface area contributed by atoms with Gasteiger partial charge in [0.25, 0.3) is 5.91 Å². The molecule has 0 fully saturated rings. The third kappa shape index (κ3) is 4.06. The molecule has 0 saturated carbocycles. The smallest absolute Gasteiger partial charge is 0.308 e. The second-order valence-electron chi connectivity index (χ2n) is 4.16. The van der Waals surface area contributed by atoms with E-state index in [-0.39, 0.29) is 11.3 Å². The van der Waals surface area contributed by atoms with Gasteiger partial charge in [-0.25, -0.2) is 4.98 Å². The van der Waals surface area contributed by atoms with E-state index in [0.717, 1.165) is 11.3 Å². The minimum absolute atomic E-state index is 0.182. The number of nitrogens with one attached hydrogen (secondary N) is 1. The number of thiazole rings is 1. The fourth-order valence-corrected chi connectivity index (χ4v) is 3.59. The molecule has 0 spiro atoms. The van der Waals surface area contributed by atoms with Gasteiger partial charge in [0.1, 0.15) is 11.5 Å². The number of nitrogens with zero attached hydrogens (tertiary/aromatic N) is 1. The Hall–Kier alpha value is -1.90. The zero-order valence-corrected chi connectivity index (χ0v) is 13.6. The highest BCUT2D eigenvalue weighted by Crippen LogP contribution is 2.25. The summed E-state index contributed by atoms with van der Waals surface area (Å²) in [5.74, 6) is -0.276. The Morgan fingerprint density at radius 2 is 2.14 bits per heavy atom. The molecule has 1 atom stereocenters. The number of carbonyl (C=O) groups is 2. The largest absolute Gasteiger partial charge is 0.611 e. The molecular formula is C14H14N2O4S2. The van der Waals surface area contributed by atoms with Gasteiger partial charge in [-0.05, 0) is 41.6 Å². The van der Waals surface area contributed by atoms with E-state index < -0.39 is 23.1 Å². The monoisotopic (exact) mass is 338 g/mol. The third-order valence-corrected chi connectivity index (χ3v) is 5.17. The lowest BCUT2D eigenvalue weighted by atomic mass is 10.2. The SMILES string of the molecule is CC[S+]([O-])c1cnc(NC(=O)c2ccccc2OC(C)=O)s1. The van der Waals surface area contributed by atoms with Crippen LogP contribution in [0.5, 0.6) is 5.75 Å². The number of hydrogen-bond donors (Lipinski definition) is 1. The molecule has 8 heteroatoms. The highest BCUT2D eigenvalue weighted by Gasteiger charge is 2.17. The molecule has 1 unspecified atom stereocenters. The Kier molecular flexibility index (Phi) is 5.53. The number of ether oxygens (including phenoxy) is 1. The molecule has 2 aromatic rings. The molecule has 0 radical (unpaired) electrons. The highest BCUT2D eigenvalue weighted by molar-refractivity contribution is 7.93. The molecule has 0 aliphatic rings. The Bertz CT molecular complexity index is 687. The van der Waals surface area contributed by atoms with Gasteiger partial charge >= 0.3 is 5.97 Å². The fraction of sp³-hybridized carbons (Fsp3) is 0.214. The minimum Gasteiger partial charge on any atom is -0.611 e. The van der Waals surface area contributed by atoms with Gasteiger partial charge in [-0.3, -0.25) is 14.9 Å². The number of esters is 1. The first-order chi connectivity index (χ1) is 10.5. The van der Waals surface area contributed by atoms with Gasteiger partial charge in [0.15, 0.2) is 5.13 Å². The molecule has 22 heavy (non-hydrogen) atoms. The average molecular weight is 338 g/mol. The third-order valence-electron chi connectivity index (χ3n) is 2.58. The maximum atomic E-state index is 12.3. The number of hydrogen-bond acceptors (Lipinski definition) is 6. The van der Waals surface area contributed by atoms with Crippen LogP contribution in [0.25, 0.3) is 0 Å². The molecule has 6 nitrogen and oxygen atoms in total. The van der Waals surface area contributed by atoms with Crippen LogP contribution < -0.4 is 10.1 Å². The van der Waals surface area contributed by atoms with Crippen molar-refractivity contribution in [2.75, 3.05) is 11.1 Å². The lowest BCUT2D eigenvalue weighted by Gasteiger charge is -2.07. The molecule has 1 amide bonds. The van der Waals surface area contributed by atoms with Gasteiger partial charge in [0.2, 0.25) is 4.21 Å². The van der Waals surface area contributed by atoms with Crippen molar-refractivity contribution in [3.63, 3.8) is 0 Å². The Labute approximate surface area is 134 Å². The number of rotatable bonds is 5. The average Bonchev–Trinajstić information content (AvgIpc) is 2.94. The maximum absolute atomic E-state index is 12.3. The first-order valence-corrected chi connectivity index (χ1v) is 8.57. The summed E-state index contributed by atoms with van der Waals surface area (Å²) < 4.78 is 17.3. The minimum atomic E-state index is -1.11. The number of amides is 1. The molecule has 116 valence electrons. The van der Waals surface area contributed by atoms with Crippen LogP contribution in [0.2, 0.25) is 0 Å². The van der Waals surface area contributed by atoms with Crippen molar-refractivity contribution in [1.82, 2.24) is 4.98 Å². The second kappa shape index (κ2) is 7.39. The van der Waals surface area contributed by atoms with Gasteiger partial charge < -0.3 is 9.29 Å². The molecule has 0 aliphatic heterocycles. The summed E-state index contributed by atoms with van der Waals surface area (Å²) in [6.07, 6.45) is 1.48. The first kappa shape index (κ1) is 16.5. The normalized spacial score (nSPS) is 11.8. The second-order valence-corrected chi connectivity index (χ2v) is 7.16.